The molecule has 1 aromatic carbocycles. The van der Waals surface area contributed by atoms with E-state index in [-0.39, 0.29) is 30.5 Å². The number of aromatic nitrogens is 2. The van der Waals surface area contributed by atoms with Crippen molar-refractivity contribution in [2.45, 2.75) is 13.1 Å². The number of aliphatic hydroxyl groups excluding tert-OH is 1. The van der Waals surface area contributed by atoms with Crippen LogP contribution >= 0.6 is 12.4 Å². The summed E-state index contributed by atoms with van der Waals surface area (Å²) in [5.74, 6) is 0.733. The Hall–Kier alpha value is -1.92. The smallest absolute Gasteiger partial charge is 0.148 e. The van der Waals surface area contributed by atoms with Gasteiger partial charge < -0.3 is 20.6 Å². The molecule has 104 valence electrons. The predicted molar refractivity (Wildman–Crippen MR) is 73.7 cm³/mol. The van der Waals surface area contributed by atoms with Gasteiger partial charge in [-0.05, 0) is 12.1 Å². The molecule has 0 aliphatic rings. The number of hydrogen-bond donors (Lipinski definition) is 4. The van der Waals surface area contributed by atoms with Crippen LogP contribution in [0.4, 0.5) is 5.82 Å². The second kappa shape index (κ2) is 6.86. The maximum atomic E-state index is 9.60. The summed E-state index contributed by atoms with van der Waals surface area (Å²) < 4.78 is 1.62. The van der Waals surface area contributed by atoms with Crippen molar-refractivity contribution in [2.24, 2.45) is 0 Å². The Bertz CT molecular complexity index is 531. The van der Waals surface area contributed by atoms with Crippen LogP contribution in [0.15, 0.2) is 30.5 Å². The summed E-state index contributed by atoms with van der Waals surface area (Å²) in [6.45, 7) is 0.897. The minimum absolute atomic E-state index is 0. The first-order valence-corrected chi connectivity index (χ1v) is 5.58. The van der Waals surface area contributed by atoms with Gasteiger partial charge in [-0.25, -0.2) is 0 Å². The van der Waals surface area contributed by atoms with E-state index < -0.39 is 0 Å². The average Bonchev–Trinajstić information content (AvgIpc) is 2.76. The van der Waals surface area contributed by atoms with Gasteiger partial charge >= 0.3 is 0 Å². The van der Waals surface area contributed by atoms with Crippen LogP contribution in [0, 0.1) is 0 Å². The lowest BCUT2D eigenvalue weighted by molar-refractivity contribution is 0.269. The van der Waals surface area contributed by atoms with E-state index in [1.807, 2.05) is 0 Å². The van der Waals surface area contributed by atoms with Crippen molar-refractivity contribution in [3.05, 3.63) is 36.0 Å². The molecule has 2 aromatic rings. The summed E-state index contributed by atoms with van der Waals surface area (Å²) in [4.78, 5) is 0. The standard InChI is InChI=1S/C12H15N3O3.ClH/c16-6-5-15-4-3-12(14-15)13-8-9-1-2-10(17)7-11(9)18;/h1-4,7,16-18H,5-6,8H2,(H,13,14);1H. The Kier molecular flexibility index (Phi) is 5.47. The van der Waals surface area contributed by atoms with Crippen molar-refractivity contribution >= 4 is 18.2 Å². The van der Waals surface area contributed by atoms with Gasteiger partial charge in [-0.2, -0.15) is 5.10 Å². The predicted octanol–water partition coefficient (Wildman–Crippen LogP) is 1.32. The third kappa shape index (κ3) is 4.04. The van der Waals surface area contributed by atoms with E-state index in [2.05, 4.69) is 10.4 Å². The molecular weight excluding hydrogens is 270 g/mol. The van der Waals surface area contributed by atoms with Crippen molar-refractivity contribution in [3.8, 4) is 11.5 Å². The van der Waals surface area contributed by atoms with E-state index in [9.17, 15) is 5.11 Å². The summed E-state index contributed by atoms with van der Waals surface area (Å²) >= 11 is 0. The minimum atomic E-state index is 0. The summed E-state index contributed by atoms with van der Waals surface area (Å²) in [6, 6.07) is 6.23. The van der Waals surface area contributed by atoms with E-state index in [0.717, 1.165) is 0 Å². The number of halogens is 1. The van der Waals surface area contributed by atoms with Crippen molar-refractivity contribution in [1.82, 2.24) is 9.78 Å². The Morgan fingerprint density at radius 3 is 2.68 bits per heavy atom. The highest BCUT2D eigenvalue weighted by Crippen LogP contribution is 2.23. The van der Waals surface area contributed by atoms with Crippen LogP contribution in [-0.2, 0) is 13.1 Å². The first kappa shape index (κ1) is 15.1. The van der Waals surface area contributed by atoms with Gasteiger partial charge in [-0.15, -0.1) is 12.4 Å². The highest BCUT2D eigenvalue weighted by molar-refractivity contribution is 5.85. The molecule has 4 N–H and O–H groups in total. The molecule has 0 atom stereocenters. The number of aliphatic hydroxyl groups is 1. The Balaban J connectivity index is 0.00000180. The molecular formula is C12H16ClN3O3. The molecule has 7 heteroatoms. The molecule has 1 heterocycles. The van der Waals surface area contributed by atoms with Crippen LogP contribution in [0.5, 0.6) is 11.5 Å². The molecule has 0 radical (unpaired) electrons. The molecule has 6 nitrogen and oxygen atoms in total. The summed E-state index contributed by atoms with van der Waals surface area (Å²) in [7, 11) is 0. The number of rotatable bonds is 5. The zero-order valence-electron chi connectivity index (χ0n) is 10.2. The zero-order chi connectivity index (χ0) is 13.0. The summed E-state index contributed by atoms with van der Waals surface area (Å²) in [5.41, 5.74) is 0.671. The van der Waals surface area contributed by atoms with E-state index in [1.165, 1.54) is 12.1 Å². The van der Waals surface area contributed by atoms with E-state index in [0.29, 0.717) is 24.5 Å². The highest BCUT2D eigenvalue weighted by Gasteiger charge is 2.03. The van der Waals surface area contributed by atoms with Crippen molar-refractivity contribution in [3.63, 3.8) is 0 Å². The van der Waals surface area contributed by atoms with Gasteiger partial charge in [-0.1, -0.05) is 0 Å². The molecule has 0 saturated carbocycles. The Labute approximate surface area is 116 Å². The number of nitrogens with zero attached hydrogens (tertiary/aromatic N) is 2. The number of phenols is 2. The topological polar surface area (TPSA) is 90.5 Å². The highest BCUT2D eigenvalue weighted by atomic mass is 35.5. The van der Waals surface area contributed by atoms with Gasteiger partial charge in [0.2, 0.25) is 0 Å². The molecule has 0 bridgehead atoms. The Morgan fingerprint density at radius 2 is 2.00 bits per heavy atom. The fourth-order valence-corrected chi connectivity index (χ4v) is 1.57. The minimum Gasteiger partial charge on any atom is -0.508 e. The van der Waals surface area contributed by atoms with Crippen LogP contribution in [0.3, 0.4) is 0 Å². The van der Waals surface area contributed by atoms with Gasteiger partial charge in [0.25, 0.3) is 0 Å². The van der Waals surface area contributed by atoms with Crippen LogP contribution < -0.4 is 5.32 Å². The number of aromatic hydroxyl groups is 2. The fraction of sp³-hybridized carbons (Fsp3) is 0.250. The summed E-state index contributed by atoms with van der Waals surface area (Å²) in [6.07, 6.45) is 1.76. The van der Waals surface area contributed by atoms with E-state index >= 15 is 0 Å². The van der Waals surface area contributed by atoms with Crippen LogP contribution in [0.25, 0.3) is 0 Å². The quantitative estimate of drug-likeness (QED) is 0.665. The number of phenolic OH excluding ortho intramolecular Hbond substituents is 2. The first-order chi connectivity index (χ1) is 8.69. The molecule has 0 saturated heterocycles. The third-order valence-electron chi connectivity index (χ3n) is 2.50. The number of nitrogens with one attached hydrogen (secondary N) is 1. The second-order valence-corrected chi connectivity index (χ2v) is 3.85. The van der Waals surface area contributed by atoms with Crippen LogP contribution in [-0.4, -0.2) is 31.7 Å². The Morgan fingerprint density at radius 1 is 1.21 bits per heavy atom. The normalized spacial score (nSPS) is 9.95. The largest absolute Gasteiger partial charge is 0.508 e. The molecule has 0 aliphatic heterocycles. The molecule has 0 aliphatic carbocycles. The number of benzene rings is 1. The lowest BCUT2D eigenvalue weighted by Crippen LogP contribution is -2.04. The van der Waals surface area contributed by atoms with Crippen LogP contribution in [0.1, 0.15) is 5.56 Å². The van der Waals surface area contributed by atoms with Gasteiger partial charge in [0.1, 0.15) is 17.3 Å². The molecule has 0 amide bonds. The van der Waals surface area contributed by atoms with E-state index in [1.54, 1.807) is 23.0 Å². The van der Waals surface area contributed by atoms with Crippen molar-refractivity contribution in [1.29, 1.82) is 0 Å². The SMILES string of the molecule is Cl.OCCn1ccc(NCc2ccc(O)cc2O)n1. The van der Waals surface area contributed by atoms with Gasteiger partial charge in [0, 0.05) is 30.4 Å². The van der Waals surface area contributed by atoms with Crippen molar-refractivity contribution < 1.29 is 15.3 Å². The van der Waals surface area contributed by atoms with Gasteiger partial charge in [0.05, 0.1) is 13.2 Å². The molecule has 0 unspecified atom stereocenters. The molecule has 0 fully saturated rings. The molecule has 0 spiro atoms. The van der Waals surface area contributed by atoms with Crippen LogP contribution in [0.2, 0.25) is 0 Å². The molecule has 19 heavy (non-hydrogen) atoms. The third-order valence-corrected chi connectivity index (χ3v) is 2.50. The maximum Gasteiger partial charge on any atom is 0.148 e. The molecule has 2 rings (SSSR count). The van der Waals surface area contributed by atoms with Gasteiger partial charge in [0.15, 0.2) is 0 Å². The maximum absolute atomic E-state index is 9.60. The van der Waals surface area contributed by atoms with Crippen molar-refractivity contribution in [2.75, 3.05) is 11.9 Å². The number of anilines is 1. The molecule has 1 aromatic heterocycles. The van der Waals surface area contributed by atoms with Gasteiger partial charge in [-0.3, -0.25) is 4.68 Å². The average molecular weight is 286 g/mol. The lowest BCUT2D eigenvalue weighted by atomic mass is 10.2. The zero-order valence-corrected chi connectivity index (χ0v) is 11.0. The van der Waals surface area contributed by atoms with E-state index in [4.69, 9.17) is 10.2 Å². The first-order valence-electron chi connectivity index (χ1n) is 5.58. The fourth-order valence-electron chi connectivity index (χ4n) is 1.57. The number of hydrogen-bond acceptors (Lipinski definition) is 5. The second-order valence-electron chi connectivity index (χ2n) is 3.85. The lowest BCUT2D eigenvalue weighted by Gasteiger charge is -2.06. The monoisotopic (exact) mass is 285 g/mol. The summed E-state index contributed by atoms with van der Waals surface area (Å²) in [5, 5.41) is 34.7.